The minimum atomic E-state index is -0.228. The summed E-state index contributed by atoms with van der Waals surface area (Å²) in [6.07, 6.45) is 4.12. The zero-order chi connectivity index (χ0) is 21.6. The summed E-state index contributed by atoms with van der Waals surface area (Å²) < 4.78 is 7.01. The number of anilines is 2. The smallest absolute Gasteiger partial charge is 0.276 e. The fourth-order valence-electron chi connectivity index (χ4n) is 3.86. The van der Waals surface area contributed by atoms with Crippen LogP contribution >= 0.6 is 0 Å². The highest BCUT2D eigenvalue weighted by Gasteiger charge is 2.24. The third-order valence-corrected chi connectivity index (χ3v) is 5.32. The minimum absolute atomic E-state index is 0.00628. The first-order valence-electron chi connectivity index (χ1n) is 10.5. The number of nitrogens with one attached hydrogen (secondary N) is 2. The molecule has 1 aliphatic heterocycles. The molecule has 2 aromatic carbocycles. The van der Waals surface area contributed by atoms with Crippen molar-refractivity contribution in [1.29, 1.82) is 0 Å². The molecule has 2 heterocycles. The lowest BCUT2D eigenvalue weighted by atomic mass is 10.1. The lowest BCUT2D eigenvalue weighted by molar-refractivity contribution is -0.119. The molecule has 160 valence electrons. The molecule has 31 heavy (non-hydrogen) atoms. The van der Waals surface area contributed by atoms with E-state index < -0.39 is 0 Å². The fourth-order valence-corrected chi connectivity index (χ4v) is 3.86. The summed E-state index contributed by atoms with van der Waals surface area (Å²) in [5.41, 5.74) is 3.78. The van der Waals surface area contributed by atoms with Crippen molar-refractivity contribution in [1.82, 2.24) is 9.55 Å². The second-order valence-electron chi connectivity index (χ2n) is 7.57. The van der Waals surface area contributed by atoms with Gasteiger partial charge in [-0.3, -0.25) is 9.59 Å². The van der Waals surface area contributed by atoms with E-state index in [2.05, 4.69) is 15.2 Å². The highest BCUT2D eigenvalue weighted by molar-refractivity contribution is 6.04. The van der Waals surface area contributed by atoms with Crippen LogP contribution in [-0.2, 0) is 22.5 Å². The van der Waals surface area contributed by atoms with Crippen molar-refractivity contribution in [2.24, 2.45) is 0 Å². The van der Waals surface area contributed by atoms with Crippen LogP contribution in [0.5, 0.6) is 0 Å². The van der Waals surface area contributed by atoms with E-state index in [0.717, 1.165) is 49.3 Å². The first kappa shape index (κ1) is 20.8. The monoisotopic (exact) mass is 418 g/mol. The standard InChI is InChI=1S/C24H26N4O3/c1-31-16-21(29)25-18-11-13-19(14-12-18)26-24(30)22-20-10-6-3-7-15-28(20)23(27-22)17-8-4-2-5-9-17/h2,4-5,8-9,11-14H,3,6-7,10,15-16H2,1H3,(H,25,29)(H,26,30). The first-order chi connectivity index (χ1) is 15.2. The average molecular weight is 418 g/mol. The predicted octanol–water partition coefficient (Wildman–Crippen LogP) is 4.11. The molecule has 0 fully saturated rings. The number of hydrogen-bond donors (Lipinski definition) is 2. The number of aromatic nitrogens is 2. The van der Waals surface area contributed by atoms with Crippen molar-refractivity contribution in [2.45, 2.75) is 32.2 Å². The lowest BCUT2D eigenvalue weighted by Crippen LogP contribution is -2.17. The van der Waals surface area contributed by atoms with Crippen molar-refractivity contribution < 1.29 is 14.3 Å². The van der Waals surface area contributed by atoms with E-state index in [4.69, 9.17) is 9.72 Å². The van der Waals surface area contributed by atoms with E-state index >= 15 is 0 Å². The Hall–Kier alpha value is -3.45. The summed E-state index contributed by atoms with van der Waals surface area (Å²) in [6, 6.07) is 17.0. The molecule has 0 atom stereocenters. The predicted molar refractivity (Wildman–Crippen MR) is 120 cm³/mol. The number of amides is 2. The number of nitrogens with zero attached hydrogens (tertiary/aromatic N) is 2. The Morgan fingerprint density at radius 1 is 0.968 bits per heavy atom. The van der Waals surface area contributed by atoms with Crippen LogP contribution in [-0.4, -0.2) is 35.1 Å². The minimum Gasteiger partial charge on any atom is -0.375 e. The SMILES string of the molecule is COCC(=O)Nc1ccc(NC(=O)c2nc(-c3ccccc3)n3c2CCCCC3)cc1. The molecule has 0 saturated heterocycles. The second kappa shape index (κ2) is 9.57. The molecule has 0 unspecified atom stereocenters. The number of ether oxygens (including phenoxy) is 1. The van der Waals surface area contributed by atoms with Crippen molar-refractivity contribution in [3.8, 4) is 11.4 Å². The largest absolute Gasteiger partial charge is 0.375 e. The summed E-state index contributed by atoms with van der Waals surface area (Å²) in [7, 11) is 1.47. The zero-order valence-electron chi connectivity index (χ0n) is 17.6. The van der Waals surface area contributed by atoms with Crippen LogP contribution in [0.2, 0.25) is 0 Å². The van der Waals surface area contributed by atoms with Gasteiger partial charge in [-0.05, 0) is 43.5 Å². The van der Waals surface area contributed by atoms with Gasteiger partial charge in [0.15, 0.2) is 0 Å². The van der Waals surface area contributed by atoms with Gasteiger partial charge in [0.1, 0.15) is 18.1 Å². The van der Waals surface area contributed by atoms with Gasteiger partial charge < -0.3 is 19.9 Å². The molecule has 2 amide bonds. The number of benzene rings is 2. The van der Waals surface area contributed by atoms with Gasteiger partial charge in [0, 0.05) is 30.6 Å². The zero-order valence-corrected chi connectivity index (χ0v) is 17.6. The van der Waals surface area contributed by atoms with Crippen LogP contribution < -0.4 is 10.6 Å². The number of methoxy groups -OCH3 is 1. The van der Waals surface area contributed by atoms with Gasteiger partial charge in [0.05, 0.1) is 5.69 Å². The van der Waals surface area contributed by atoms with Crippen molar-refractivity contribution in [2.75, 3.05) is 24.4 Å². The maximum Gasteiger partial charge on any atom is 0.276 e. The van der Waals surface area contributed by atoms with Crippen molar-refractivity contribution in [3.63, 3.8) is 0 Å². The van der Waals surface area contributed by atoms with Gasteiger partial charge in [-0.25, -0.2) is 4.98 Å². The summed E-state index contributed by atoms with van der Waals surface area (Å²) in [5.74, 6) is 0.399. The van der Waals surface area contributed by atoms with E-state index in [1.54, 1.807) is 24.3 Å². The Labute approximate surface area is 181 Å². The van der Waals surface area contributed by atoms with Crippen LogP contribution in [0.4, 0.5) is 11.4 Å². The van der Waals surface area contributed by atoms with E-state index in [9.17, 15) is 9.59 Å². The second-order valence-corrected chi connectivity index (χ2v) is 7.57. The van der Waals surface area contributed by atoms with Crippen LogP contribution in [0.1, 0.15) is 35.4 Å². The molecule has 7 heteroatoms. The highest BCUT2D eigenvalue weighted by Crippen LogP contribution is 2.27. The topological polar surface area (TPSA) is 85.2 Å². The number of carbonyl (C=O) groups excluding carboxylic acids is 2. The fraction of sp³-hybridized carbons (Fsp3) is 0.292. The summed E-state index contributed by atoms with van der Waals surface area (Å²) in [4.78, 5) is 29.5. The van der Waals surface area contributed by atoms with Gasteiger partial charge in [-0.1, -0.05) is 36.8 Å². The molecule has 2 N–H and O–H groups in total. The Kier molecular flexibility index (Phi) is 6.43. The van der Waals surface area contributed by atoms with E-state index in [0.29, 0.717) is 17.1 Å². The highest BCUT2D eigenvalue weighted by atomic mass is 16.5. The third-order valence-electron chi connectivity index (χ3n) is 5.32. The van der Waals surface area contributed by atoms with Gasteiger partial charge in [0.25, 0.3) is 5.91 Å². The van der Waals surface area contributed by atoms with E-state index in [1.165, 1.54) is 7.11 Å². The van der Waals surface area contributed by atoms with Gasteiger partial charge in [0.2, 0.25) is 5.91 Å². The quantitative estimate of drug-likeness (QED) is 0.631. The van der Waals surface area contributed by atoms with Gasteiger partial charge >= 0.3 is 0 Å². The number of hydrogen-bond acceptors (Lipinski definition) is 4. The lowest BCUT2D eigenvalue weighted by Gasteiger charge is -2.09. The molecular weight excluding hydrogens is 392 g/mol. The van der Waals surface area contributed by atoms with Crippen LogP contribution in [0.25, 0.3) is 11.4 Å². The van der Waals surface area contributed by atoms with Crippen LogP contribution in [0.15, 0.2) is 54.6 Å². The maximum atomic E-state index is 13.1. The van der Waals surface area contributed by atoms with Crippen LogP contribution in [0, 0.1) is 0 Å². The van der Waals surface area contributed by atoms with Crippen molar-refractivity contribution in [3.05, 3.63) is 66.0 Å². The first-order valence-corrected chi connectivity index (χ1v) is 10.5. The molecule has 3 aromatic rings. The van der Waals surface area contributed by atoms with Crippen molar-refractivity contribution >= 4 is 23.2 Å². The Balaban J connectivity index is 1.56. The Morgan fingerprint density at radius 3 is 2.39 bits per heavy atom. The number of imidazole rings is 1. The summed E-state index contributed by atoms with van der Waals surface area (Å²) in [5, 5.41) is 5.68. The third kappa shape index (κ3) is 4.83. The Bertz CT molecular complexity index is 1060. The maximum absolute atomic E-state index is 13.1. The molecule has 0 spiro atoms. The number of fused-ring (bicyclic) bond motifs is 1. The van der Waals surface area contributed by atoms with Gasteiger partial charge in [-0.15, -0.1) is 0 Å². The summed E-state index contributed by atoms with van der Waals surface area (Å²) in [6.45, 7) is 0.864. The molecule has 1 aliphatic rings. The van der Waals surface area contributed by atoms with Crippen LogP contribution in [0.3, 0.4) is 0 Å². The normalized spacial score (nSPS) is 13.2. The Morgan fingerprint density at radius 2 is 1.68 bits per heavy atom. The molecular formula is C24H26N4O3. The molecule has 0 aliphatic carbocycles. The average Bonchev–Trinajstić information content (AvgIpc) is 2.97. The number of carbonyl (C=O) groups is 2. The molecule has 1 aromatic heterocycles. The molecule has 0 radical (unpaired) electrons. The van der Waals surface area contributed by atoms with E-state index in [1.807, 2.05) is 30.3 Å². The van der Waals surface area contributed by atoms with E-state index in [-0.39, 0.29) is 18.4 Å². The van der Waals surface area contributed by atoms with Gasteiger partial charge in [-0.2, -0.15) is 0 Å². The number of rotatable bonds is 6. The molecule has 4 rings (SSSR count). The molecule has 7 nitrogen and oxygen atoms in total. The molecule has 0 saturated carbocycles. The summed E-state index contributed by atoms with van der Waals surface area (Å²) >= 11 is 0. The molecule has 0 bridgehead atoms.